The van der Waals surface area contributed by atoms with E-state index < -0.39 is 0 Å². The van der Waals surface area contributed by atoms with Crippen LogP contribution in [0.4, 0.5) is 0 Å². The summed E-state index contributed by atoms with van der Waals surface area (Å²) in [7, 11) is 0. The van der Waals surface area contributed by atoms with Gasteiger partial charge in [0, 0.05) is 26.2 Å². The first kappa shape index (κ1) is 13.9. The molecule has 0 aromatic carbocycles. The molecule has 4 nitrogen and oxygen atoms in total. The molecule has 0 unspecified atom stereocenters. The predicted molar refractivity (Wildman–Crippen MR) is 68.9 cm³/mol. The molecule has 2 heterocycles. The Labute approximate surface area is 99.9 Å². The van der Waals surface area contributed by atoms with E-state index in [4.69, 9.17) is 0 Å². The molecule has 0 bridgehead atoms. The van der Waals surface area contributed by atoms with Crippen molar-refractivity contribution in [3.63, 3.8) is 0 Å². The molecule has 0 atom stereocenters. The Morgan fingerprint density at radius 2 is 0.562 bits per heavy atom. The molecule has 16 heavy (non-hydrogen) atoms. The molecule has 0 aromatic rings. The summed E-state index contributed by atoms with van der Waals surface area (Å²) in [4.78, 5) is 0. The largest absolute Gasteiger partial charge is 0.258 e. The summed E-state index contributed by atoms with van der Waals surface area (Å²) in [5.41, 5.74) is 12.5. The third kappa shape index (κ3) is 9.09. The van der Waals surface area contributed by atoms with Gasteiger partial charge in [0.15, 0.2) is 0 Å². The molecule has 4 N–H and O–H groups in total. The summed E-state index contributed by atoms with van der Waals surface area (Å²) in [6.07, 6.45) is 10.9. The van der Waals surface area contributed by atoms with Crippen LogP contribution >= 0.6 is 0 Å². The molecule has 0 aromatic heterocycles. The highest BCUT2D eigenvalue weighted by Crippen LogP contribution is 1.99. The van der Waals surface area contributed by atoms with Crippen LogP contribution in [-0.4, -0.2) is 26.2 Å². The van der Waals surface area contributed by atoms with Crippen molar-refractivity contribution in [2.75, 3.05) is 26.2 Å². The number of nitrogens with one attached hydrogen (secondary N) is 4. The van der Waals surface area contributed by atoms with E-state index in [0.29, 0.717) is 0 Å². The fourth-order valence-corrected chi connectivity index (χ4v) is 1.91. The van der Waals surface area contributed by atoms with Gasteiger partial charge >= 0.3 is 0 Å². The van der Waals surface area contributed by atoms with Crippen molar-refractivity contribution >= 4 is 0 Å². The second kappa shape index (κ2) is 11.3. The summed E-state index contributed by atoms with van der Waals surface area (Å²) in [5.74, 6) is 0. The van der Waals surface area contributed by atoms with Crippen molar-refractivity contribution in [2.24, 2.45) is 0 Å². The predicted octanol–water partition coefficient (Wildman–Crippen LogP) is 1.31. The zero-order valence-corrected chi connectivity index (χ0v) is 10.5. The molecular formula is C12H28N4. The number of hydrogen-bond donors (Lipinski definition) is 4. The minimum atomic E-state index is 1.14. The van der Waals surface area contributed by atoms with Crippen molar-refractivity contribution in [3.05, 3.63) is 0 Å². The molecule has 2 fully saturated rings. The van der Waals surface area contributed by atoms with E-state index in [0.717, 1.165) is 26.2 Å². The molecule has 0 amide bonds. The first-order valence-electron chi connectivity index (χ1n) is 6.91. The van der Waals surface area contributed by atoms with Gasteiger partial charge in [-0.1, -0.05) is 25.7 Å². The normalized spacial score (nSPS) is 24.0. The van der Waals surface area contributed by atoms with Crippen LogP contribution in [-0.2, 0) is 0 Å². The van der Waals surface area contributed by atoms with Gasteiger partial charge in [0.2, 0.25) is 0 Å². The lowest BCUT2D eigenvalue weighted by Gasteiger charge is -2.09. The van der Waals surface area contributed by atoms with Crippen molar-refractivity contribution in [3.8, 4) is 0 Å². The standard InChI is InChI=1S/2C6H14N2/c2*1-2-4-6-8-7-5-3-1/h2*7-8H,1-6H2. The minimum Gasteiger partial charge on any atom is -0.258 e. The van der Waals surface area contributed by atoms with Gasteiger partial charge in [-0.2, -0.15) is 0 Å². The average molecular weight is 228 g/mol. The topological polar surface area (TPSA) is 48.1 Å². The molecule has 0 aliphatic carbocycles. The van der Waals surface area contributed by atoms with Crippen molar-refractivity contribution < 1.29 is 0 Å². The fraction of sp³-hybridized carbons (Fsp3) is 1.00. The highest BCUT2D eigenvalue weighted by atomic mass is 15.3. The highest BCUT2D eigenvalue weighted by Gasteiger charge is 1.94. The number of hydrogen-bond acceptors (Lipinski definition) is 4. The van der Waals surface area contributed by atoms with Crippen molar-refractivity contribution in [1.82, 2.24) is 21.7 Å². The number of rotatable bonds is 0. The summed E-state index contributed by atoms with van der Waals surface area (Å²) in [6.45, 7) is 4.56. The van der Waals surface area contributed by atoms with E-state index in [1.165, 1.54) is 51.4 Å². The van der Waals surface area contributed by atoms with Gasteiger partial charge in [-0.05, 0) is 25.7 Å². The van der Waals surface area contributed by atoms with Crippen molar-refractivity contribution in [1.29, 1.82) is 0 Å². The maximum absolute atomic E-state index is 3.14. The van der Waals surface area contributed by atoms with Crippen LogP contribution in [0, 0.1) is 0 Å². The van der Waals surface area contributed by atoms with Crippen LogP contribution < -0.4 is 21.7 Å². The van der Waals surface area contributed by atoms with Crippen LogP contribution in [0.1, 0.15) is 51.4 Å². The van der Waals surface area contributed by atoms with Gasteiger partial charge in [0.25, 0.3) is 0 Å². The van der Waals surface area contributed by atoms with E-state index in [-0.39, 0.29) is 0 Å². The summed E-state index contributed by atoms with van der Waals surface area (Å²) in [6, 6.07) is 0. The van der Waals surface area contributed by atoms with Gasteiger partial charge in [0.05, 0.1) is 0 Å². The Balaban J connectivity index is 0.000000160. The highest BCUT2D eigenvalue weighted by molar-refractivity contribution is 4.52. The number of hydrazine groups is 2. The van der Waals surface area contributed by atoms with Gasteiger partial charge in [0.1, 0.15) is 0 Å². The fourth-order valence-electron chi connectivity index (χ4n) is 1.91. The molecule has 0 spiro atoms. The Bertz CT molecular complexity index is 77.0. The van der Waals surface area contributed by atoms with Gasteiger partial charge in [-0.3, -0.25) is 21.7 Å². The molecular weight excluding hydrogens is 200 g/mol. The SMILES string of the molecule is C1CCCNNCC1.C1CCCNNCC1. The quantitative estimate of drug-likeness (QED) is 0.505. The van der Waals surface area contributed by atoms with Gasteiger partial charge in [-0.25, -0.2) is 0 Å². The monoisotopic (exact) mass is 228 g/mol. The zero-order valence-electron chi connectivity index (χ0n) is 10.5. The molecule has 96 valence electrons. The second-order valence-electron chi connectivity index (χ2n) is 4.54. The molecule has 2 saturated heterocycles. The molecule has 2 aliphatic heterocycles. The van der Waals surface area contributed by atoms with E-state index in [2.05, 4.69) is 21.7 Å². The Kier molecular flexibility index (Phi) is 9.84. The van der Waals surface area contributed by atoms with Crippen LogP contribution in [0.5, 0.6) is 0 Å². The second-order valence-corrected chi connectivity index (χ2v) is 4.54. The zero-order chi connectivity index (χ0) is 11.3. The minimum absolute atomic E-state index is 1.14. The third-order valence-electron chi connectivity index (χ3n) is 2.96. The van der Waals surface area contributed by atoms with Crippen molar-refractivity contribution in [2.45, 2.75) is 51.4 Å². The molecule has 2 aliphatic rings. The van der Waals surface area contributed by atoms with E-state index in [9.17, 15) is 0 Å². The Morgan fingerprint density at radius 1 is 0.312 bits per heavy atom. The maximum Gasteiger partial charge on any atom is 0.00997 e. The first-order valence-corrected chi connectivity index (χ1v) is 6.91. The summed E-state index contributed by atoms with van der Waals surface area (Å²) < 4.78 is 0. The lowest BCUT2D eigenvalue weighted by atomic mass is 10.2. The molecule has 0 saturated carbocycles. The average Bonchev–Trinajstić information content (AvgIpc) is 2.15. The lowest BCUT2D eigenvalue weighted by molar-refractivity contribution is 0.454. The van der Waals surface area contributed by atoms with E-state index in [1.807, 2.05) is 0 Å². The van der Waals surface area contributed by atoms with Crippen LogP contribution in [0.2, 0.25) is 0 Å². The van der Waals surface area contributed by atoms with Gasteiger partial charge in [-0.15, -0.1) is 0 Å². The van der Waals surface area contributed by atoms with Crippen LogP contribution in [0.15, 0.2) is 0 Å². The van der Waals surface area contributed by atoms with Gasteiger partial charge < -0.3 is 0 Å². The first-order chi connectivity index (χ1) is 8.00. The molecule has 0 radical (unpaired) electrons. The molecule has 4 heteroatoms. The maximum atomic E-state index is 3.14. The van der Waals surface area contributed by atoms with E-state index >= 15 is 0 Å². The summed E-state index contributed by atoms with van der Waals surface area (Å²) >= 11 is 0. The Hall–Kier alpha value is -0.160. The molecule has 2 rings (SSSR count). The smallest absolute Gasteiger partial charge is 0.00997 e. The van der Waals surface area contributed by atoms with Crippen LogP contribution in [0.25, 0.3) is 0 Å². The third-order valence-corrected chi connectivity index (χ3v) is 2.96. The summed E-state index contributed by atoms with van der Waals surface area (Å²) in [5, 5.41) is 0. The van der Waals surface area contributed by atoms with Crippen LogP contribution in [0.3, 0.4) is 0 Å². The Morgan fingerprint density at radius 3 is 0.812 bits per heavy atom. The van der Waals surface area contributed by atoms with E-state index in [1.54, 1.807) is 0 Å². The lowest BCUT2D eigenvalue weighted by Crippen LogP contribution is -2.34.